The van der Waals surface area contributed by atoms with E-state index >= 15 is 0 Å². The number of methoxy groups -OCH3 is 2. The topological polar surface area (TPSA) is 91.2 Å². The van der Waals surface area contributed by atoms with Crippen molar-refractivity contribution in [2.24, 2.45) is 7.05 Å². The molecular formula is C22H21N5O3. The number of carbonyl (C=O) groups excluding carboxylic acids is 1. The van der Waals surface area contributed by atoms with Gasteiger partial charge in [-0.05, 0) is 29.8 Å². The van der Waals surface area contributed by atoms with Gasteiger partial charge in [-0.2, -0.15) is 0 Å². The first-order valence-electron chi connectivity index (χ1n) is 9.32. The smallest absolute Gasteiger partial charge is 0.272 e. The largest absolute Gasteiger partial charge is 0.497 e. The molecule has 1 unspecified atom stereocenters. The van der Waals surface area contributed by atoms with Crippen LogP contribution >= 0.6 is 0 Å². The molecule has 1 atom stereocenters. The van der Waals surface area contributed by atoms with Crippen LogP contribution in [0, 0.1) is 0 Å². The van der Waals surface area contributed by atoms with Crippen molar-refractivity contribution in [3.63, 3.8) is 0 Å². The summed E-state index contributed by atoms with van der Waals surface area (Å²) in [6.45, 7) is 0. The fourth-order valence-corrected chi connectivity index (χ4v) is 3.22. The number of benzene rings is 2. The quantitative estimate of drug-likeness (QED) is 0.532. The Morgan fingerprint density at radius 1 is 1.03 bits per heavy atom. The van der Waals surface area contributed by atoms with Crippen molar-refractivity contribution in [2.45, 2.75) is 6.04 Å². The maximum absolute atomic E-state index is 13.1. The molecule has 1 N–H and O–H groups in total. The molecule has 0 fully saturated rings. The summed E-state index contributed by atoms with van der Waals surface area (Å²) in [7, 11) is 5.03. The summed E-state index contributed by atoms with van der Waals surface area (Å²) in [6.07, 6.45) is 4.97. The second-order valence-corrected chi connectivity index (χ2v) is 6.69. The molecule has 0 aliphatic heterocycles. The van der Waals surface area contributed by atoms with Crippen LogP contribution in [0.2, 0.25) is 0 Å². The second-order valence-electron chi connectivity index (χ2n) is 6.69. The highest BCUT2D eigenvalue weighted by atomic mass is 16.5. The van der Waals surface area contributed by atoms with Gasteiger partial charge in [-0.25, -0.2) is 9.97 Å². The molecule has 0 aliphatic carbocycles. The average Bonchev–Trinajstić information content (AvgIpc) is 3.21. The molecule has 0 radical (unpaired) electrons. The van der Waals surface area contributed by atoms with Crippen LogP contribution in [0.3, 0.4) is 0 Å². The first kappa shape index (κ1) is 19.4. The zero-order chi connectivity index (χ0) is 21.1. The number of carbonyl (C=O) groups is 1. The SMILES string of the molecule is COc1cc(OC)cc(C(NC(=O)c2cnc3ccccc3n2)c2nccn2C)c1. The number of ether oxygens (including phenoxy) is 2. The van der Waals surface area contributed by atoms with E-state index in [0.717, 1.165) is 11.1 Å². The third-order valence-corrected chi connectivity index (χ3v) is 4.78. The van der Waals surface area contributed by atoms with Crippen molar-refractivity contribution in [3.05, 3.63) is 78.1 Å². The number of para-hydroxylation sites is 2. The van der Waals surface area contributed by atoms with Gasteiger partial charge in [0.15, 0.2) is 0 Å². The summed E-state index contributed by atoms with van der Waals surface area (Å²) >= 11 is 0. The van der Waals surface area contributed by atoms with Crippen molar-refractivity contribution < 1.29 is 14.3 Å². The number of imidazole rings is 1. The zero-order valence-corrected chi connectivity index (χ0v) is 16.9. The molecule has 0 bridgehead atoms. The molecule has 30 heavy (non-hydrogen) atoms. The van der Waals surface area contributed by atoms with E-state index in [1.165, 1.54) is 6.20 Å². The van der Waals surface area contributed by atoms with E-state index in [0.29, 0.717) is 22.8 Å². The summed E-state index contributed by atoms with van der Waals surface area (Å²) in [5.41, 5.74) is 2.37. The van der Waals surface area contributed by atoms with Crippen molar-refractivity contribution in [2.75, 3.05) is 14.2 Å². The molecule has 8 nitrogen and oxygen atoms in total. The van der Waals surface area contributed by atoms with Gasteiger partial charge in [-0.3, -0.25) is 9.78 Å². The first-order chi connectivity index (χ1) is 14.6. The van der Waals surface area contributed by atoms with E-state index in [-0.39, 0.29) is 11.6 Å². The van der Waals surface area contributed by atoms with Crippen molar-refractivity contribution >= 4 is 16.9 Å². The molecule has 4 rings (SSSR count). The molecule has 0 spiro atoms. The summed E-state index contributed by atoms with van der Waals surface area (Å²) < 4.78 is 12.6. The Hall–Kier alpha value is -3.94. The average molecular weight is 403 g/mol. The Morgan fingerprint density at radius 2 is 1.73 bits per heavy atom. The van der Waals surface area contributed by atoms with E-state index in [1.807, 2.05) is 54.2 Å². The Labute approximate surface area is 173 Å². The van der Waals surface area contributed by atoms with Crippen molar-refractivity contribution in [1.29, 1.82) is 0 Å². The van der Waals surface area contributed by atoms with E-state index in [1.54, 1.807) is 26.5 Å². The molecule has 2 aromatic heterocycles. The molecule has 0 saturated carbocycles. The summed E-state index contributed by atoms with van der Waals surface area (Å²) in [4.78, 5) is 26.3. The van der Waals surface area contributed by atoms with Gasteiger partial charge < -0.3 is 19.4 Å². The van der Waals surface area contributed by atoms with Crippen LogP contribution in [0.5, 0.6) is 11.5 Å². The van der Waals surface area contributed by atoms with Crippen LogP contribution in [0.25, 0.3) is 11.0 Å². The fourth-order valence-electron chi connectivity index (χ4n) is 3.22. The highest BCUT2D eigenvalue weighted by Gasteiger charge is 2.24. The van der Waals surface area contributed by atoms with Crippen molar-refractivity contribution in [3.8, 4) is 11.5 Å². The molecule has 4 aromatic rings. The molecule has 2 aromatic carbocycles. The van der Waals surface area contributed by atoms with E-state index < -0.39 is 6.04 Å². The van der Waals surface area contributed by atoms with Gasteiger partial charge in [-0.1, -0.05) is 12.1 Å². The standard InChI is InChI=1S/C22H21N5O3/c1-27-9-8-23-21(27)20(14-10-15(29-2)12-16(11-14)30-3)26-22(28)19-13-24-17-6-4-5-7-18(17)25-19/h4-13,20H,1-3H3,(H,26,28). The Bertz CT molecular complexity index is 1180. The number of aryl methyl sites for hydroxylation is 1. The molecule has 1 amide bonds. The fraction of sp³-hybridized carbons (Fsp3) is 0.182. The van der Waals surface area contributed by atoms with Gasteiger partial charge in [0.05, 0.1) is 31.4 Å². The number of rotatable bonds is 6. The maximum Gasteiger partial charge on any atom is 0.272 e. The summed E-state index contributed by atoms with van der Waals surface area (Å²) in [5, 5.41) is 3.02. The number of hydrogen-bond donors (Lipinski definition) is 1. The van der Waals surface area contributed by atoms with Crippen LogP contribution in [0.15, 0.2) is 61.1 Å². The maximum atomic E-state index is 13.1. The van der Waals surface area contributed by atoms with Crippen LogP contribution < -0.4 is 14.8 Å². The molecule has 2 heterocycles. The van der Waals surface area contributed by atoms with E-state index in [4.69, 9.17) is 9.47 Å². The Kier molecular flexibility index (Phi) is 5.30. The summed E-state index contributed by atoms with van der Waals surface area (Å²) in [6, 6.07) is 12.3. The van der Waals surface area contributed by atoms with Gasteiger partial charge in [0.1, 0.15) is 29.1 Å². The van der Waals surface area contributed by atoms with Crippen LogP contribution in [-0.2, 0) is 7.05 Å². The van der Waals surface area contributed by atoms with Crippen LogP contribution in [0.1, 0.15) is 27.9 Å². The normalized spacial score (nSPS) is 11.8. The molecular weight excluding hydrogens is 382 g/mol. The summed E-state index contributed by atoms with van der Waals surface area (Å²) in [5.74, 6) is 1.53. The lowest BCUT2D eigenvalue weighted by Crippen LogP contribution is -2.31. The number of amides is 1. The third kappa shape index (κ3) is 3.80. The third-order valence-electron chi connectivity index (χ3n) is 4.78. The highest BCUT2D eigenvalue weighted by molar-refractivity contribution is 5.94. The second kappa shape index (κ2) is 8.20. The van der Waals surface area contributed by atoms with Gasteiger partial charge in [0.2, 0.25) is 0 Å². The van der Waals surface area contributed by atoms with Crippen LogP contribution in [0.4, 0.5) is 0 Å². The lowest BCUT2D eigenvalue weighted by Gasteiger charge is -2.20. The lowest BCUT2D eigenvalue weighted by molar-refractivity contribution is 0.0936. The molecule has 0 saturated heterocycles. The molecule has 8 heteroatoms. The monoisotopic (exact) mass is 403 g/mol. The minimum Gasteiger partial charge on any atom is -0.497 e. The zero-order valence-electron chi connectivity index (χ0n) is 16.9. The highest BCUT2D eigenvalue weighted by Crippen LogP contribution is 2.29. The number of nitrogens with one attached hydrogen (secondary N) is 1. The number of nitrogens with zero attached hydrogens (tertiary/aromatic N) is 4. The minimum atomic E-state index is -0.547. The first-order valence-corrected chi connectivity index (χ1v) is 9.32. The van der Waals surface area contributed by atoms with E-state index in [2.05, 4.69) is 20.3 Å². The van der Waals surface area contributed by atoms with E-state index in [9.17, 15) is 4.79 Å². The number of hydrogen-bond acceptors (Lipinski definition) is 6. The van der Waals surface area contributed by atoms with Crippen molar-refractivity contribution in [1.82, 2.24) is 24.8 Å². The van der Waals surface area contributed by atoms with Gasteiger partial charge in [0.25, 0.3) is 5.91 Å². The predicted octanol–water partition coefficient (Wildman–Crippen LogP) is 2.90. The number of aromatic nitrogens is 4. The van der Waals surface area contributed by atoms with Gasteiger partial charge >= 0.3 is 0 Å². The molecule has 0 aliphatic rings. The van der Waals surface area contributed by atoms with Crippen LogP contribution in [-0.4, -0.2) is 39.6 Å². The lowest BCUT2D eigenvalue weighted by atomic mass is 10.0. The minimum absolute atomic E-state index is 0.225. The molecule has 152 valence electrons. The van der Waals surface area contributed by atoms with Gasteiger partial charge in [-0.15, -0.1) is 0 Å². The number of fused-ring (bicyclic) bond motifs is 1. The Balaban J connectivity index is 1.73. The van der Waals surface area contributed by atoms with Gasteiger partial charge in [0, 0.05) is 25.5 Å². The predicted molar refractivity (Wildman–Crippen MR) is 112 cm³/mol. The Morgan fingerprint density at radius 3 is 2.37 bits per heavy atom.